The second-order valence-corrected chi connectivity index (χ2v) is 9.40. The Morgan fingerprint density at radius 2 is 1.63 bits per heavy atom. The summed E-state index contributed by atoms with van der Waals surface area (Å²) in [4.78, 5) is 31.3. The summed E-state index contributed by atoms with van der Waals surface area (Å²) < 4.78 is 2.84. The van der Waals surface area contributed by atoms with E-state index in [4.69, 9.17) is 23.2 Å². The maximum atomic E-state index is 13.4. The average molecular weight is 545 g/mol. The van der Waals surface area contributed by atoms with Crippen molar-refractivity contribution < 1.29 is 4.79 Å². The lowest BCUT2D eigenvalue weighted by atomic mass is 10.0. The lowest BCUT2D eigenvalue weighted by Gasteiger charge is -2.20. The molecule has 5 rings (SSSR count). The summed E-state index contributed by atoms with van der Waals surface area (Å²) in [7, 11) is 0. The topological polar surface area (TPSA) is 94.7 Å². The number of carbonyl (C=O) groups excluding carboxylic acids is 1. The van der Waals surface area contributed by atoms with E-state index in [0.717, 1.165) is 11.1 Å². The number of halogens is 2. The quantitative estimate of drug-likeness (QED) is 0.300. The molecule has 3 aromatic carbocycles. The maximum Gasteiger partial charge on any atom is 0.254 e. The SMILES string of the molecule is O=C(NCc1ccccc1)[C@H](Cc1ccccc1)n1cnc(-c2cc(Cl)ccc2-n2cc(Cl)nn2)cc1=O. The van der Waals surface area contributed by atoms with E-state index < -0.39 is 6.04 Å². The minimum atomic E-state index is -0.803. The van der Waals surface area contributed by atoms with Gasteiger partial charge < -0.3 is 5.32 Å². The van der Waals surface area contributed by atoms with Crippen molar-refractivity contribution in [3.63, 3.8) is 0 Å². The van der Waals surface area contributed by atoms with Crippen molar-refractivity contribution in [1.29, 1.82) is 0 Å². The van der Waals surface area contributed by atoms with Crippen LogP contribution in [0.25, 0.3) is 16.9 Å². The molecule has 2 aromatic heterocycles. The molecule has 1 amide bonds. The van der Waals surface area contributed by atoms with Gasteiger partial charge in [0.1, 0.15) is 6.04 Å². The lowest BCUT2D eigenvalue weighted by Crippen LogP contribution is -2.38. The van der Waals surface area contributed by atoms with Gasteiger partial charge in [-0.2, -0.15) is 0 Å². The molecule has 0 saturated heterocycles. The number of nitrogens with zero attached hydrogens (tertiary/aromatic N) is 5. The number of hydrogen-bond donors (Lipinski definition) is 1. The van der Waals surface area contributed by atoms with E-state index >= 15 is 0 Å². The van der Waals surface area contributed by atoms with Crippen molar-refractivity contribution >= 4 is 29.1 Å². The number of amides is 1. The van der Waals surface area contributed by atoms with Gasteiger partial charge in [0.15, 0.2) is 5.15 Å². The predicted octanol–water partition coefficient (Wildman–Crippen LogP) is 4.90. The van der Waals surface area contributed by atoms with Gasteiger partial charge in [-0.05, 0) is 29.3 Å². The molecule has 2 heterocycles. The van der Waals surface area contributed by atoms with Crippen molar-refractivity contribution in [3.8, 4) is 16.9 Å². The fourth-order valence-corrected chi connectivity index (χ4v) is 4.42. The van der Waals surface area contributed by atoms with E-state index in [1.54, 1.807) is 24.4 Å². The van der Waals surface area contributed by atoms with Gasteiger partial charge in [0.2, 0.25) is 5.91 Å². The van der Waals surface area contributed by atoms with Gasteiger partial charge in [-0.15, -0.1) is 5.10 Å². The molecule has 10 heteroatoms. The first-order chi connectivity index (χ1) is 18.5. The van der Waals surface area contributed by atoms with Gasteiger partial charge in [0.05, 0.1) is 23.9 Å². The van der Waals surface area contributed by atoms with E-state index in [9.17, 15) is 9.59 Å². The molecule has 190 valence electrons. The Hall–Kier alpha value is -4.27. The molecule has 0 aliphatic rings. The van der Waals surface area contributed by atoms with Crippen LogP contribution in [0.5, 0.6) is 0 Å². The van der Waals surface area contributed by atoms with Crippen LogP contribution in [-0.4, -0.2) is 30.5 Å². The van der Waals surface area contributed by atoms with Crippen LogP contribution < -0.4 is 10.9 Å². The molecule has 0 aliphatic carbocycles. The highest BCUT2D eigenvalue weighted by molar-refractivity contribution is 6.31. The van der Waals surface area contributed by atoms with E-state index in [-0.39, 0.29) is 16.6 Å². The Morgan fingerprint density at radius 1 is 0.921 bits per heavy atom. The number of aromatic nitrogens is 5. The first kappa shape index (κ1) is 25.4. The van der Waals surface area contributed by atoms with Gasteiger partial charge in [-0.1, -0.05) is 89.1 Å². The Labute approximate surface area is 228 Å². The fourth-order valence-electron chi connectivity index (χ4n) is 4.12. The van der Waals surface area contributed by atoms with E-state index in [1.807, 2.05) is 60.7 Å². The van der Waals surface area contributed by atoms with Crippen LogP contribution in [0.15, 0.2) is 102 Å². The Bertz CT molecular complexity index is 1620. The van der Waals surface area contributed by atoms with Crippen LogP contribution in [0, 0.1) is 0 Å². The number of nitrogens with one attached hydrogen (secondary N) is 1. The summed E-state index contributed by atoms with van der Waals surface area (Å²) >= 11 is 12.2. The number of carbonyl (C=O) groups is 1. The van der Waals surface area contributed by atoms with Crippen molar-refractivity contribution in [2.24, 2.45) is 0 Å². The van der Waals surface area contributed by atoms with Crippen LogP contribution in [0.4, 0.5) is 0 Å². The van der Waals surface area contributed by atoms with E-state index in [1.165, 1.54) is 21.6 Å². The largest absolute Gasteiger partial charge is 0.350 e. The monoisotopic (exact) mass is 544 g/mol. The van der Waals surface area contributed by atoms with Gasteiger partial charge >= 0.3 is 0 Å². The van der Waals surface area contributed by atoms with E-state index in [0.29, 0.717) is 34.9 Å². The first-order valence-electron chi connectivity index (χ1n) is 11.8. The van der Waals surface area contributed by atoms with Crippen molar-refractivity contribution in [2.75, 3.05) is 0 Å². The Morgan fingerprint density at radius 3 is 2.29 bits per heavy atom. The molecule has 5 aromatic rings. The second-order valence-electron chi connectivity index (χ2n) is 8.58. The highest BCUT2D eigenvalue weighted by Crippen LogP contribution is 2.28. The Balaban J connectivity index is 1.49. The second kappa shape index (κ2) is 11.4. The zero-order valence-corrected chi connectivity index (χ0v) is 21.5. The molecule has 38 heavy (non-hydrogen) atoms. The third kappa shape index (κ3) is 5.82. The molecule has 0 radical (unpaired) electrons. The van der Waals surface area contributed by atoms with Gasteiger partial charge in [0.25, 0.3) is 5.56 Å². The molecule has 0 saturated carbocycles. The highest BCUT2D eigenvalue weighted by atomic mass is 35.5. The first-order valence-corrected chi connectivity index (χ1v) is 12.6. The van der Waals surface area contributed by atoms with Gasteiger partial charge in [-0.25, -0.2) is 9.67 Å². The third-order valence-electron chi connectivity index (χ3n) is 6.00. The summed E-state index contributed by atoms with van der Waals surface area (Å²) in [6, 6.07) is 24.9. The van der Waals surface area contributed by atoms with Crippen LogP contribution in [0.3, 0.4) is 0 Å². The zero-order chi connectivity index (χ0) is 26.5. The fraction of sp³-hybridized carbons (Fsp3) is 0.107. The maximum absolute atomic E-state index is 13.4. The molecule has 0 unspecified atom stereocenters. The number of hydrogen-bond acceptors (Lipinski definition) is 5. The molecule has 8 nitrogen and oxygen atoms in total. The van der Waals surface area contributed by atoms with E-state index in [2.05, 4.69) is 20.6 Å². The zero-order valence-electron chi connectivity index (χ0n) is 20.0. The predicted molar refractivity (Wildman–Crippen MR) is 146 cm³/mol. The average Bonchev–Trinajstić information content (AvgIpc) is 3.37. The van der Waals surface area contributed by atoms with Gasteiger partial charge in [-0.3, -0.25) is 14.2 Å². The summed E-state index contributed by atoms with van der Waals surface area (Å²) in [5, 5.41) is 11.5. The molecule has 0 fully saturated rings. The molecule has 1 atom stereocenters. The molecule has 0 bridgehead atoms. The molecular formula is C28H22Cl2N6O2. The third-order valence-corrected chi connectivity index (χ3v) is 6.41. The summed E-state index contributed by atoms with van der Waals surface area (Å²) in [5.41, 5.74) is 3.04. The van der Waals surface area contributed by atoms with Crippen molar-refractivity contribution in [3.05, 3.63) is 129 Å². The van der Waals surface area contributed by atoms with Crippen LogP contribution in [-0.2, 0) is 17.8 Å². The van der Waals surface area contributed by atoms with Crippen LogP contribution >= 0.6 is 23.2 Å². The normalized spacial score (nSPS) is 11.7. The van der Waals surface area contributed by atoms with Crippen molar-refractivity contribution in [1.82, 2.24) is 29.9 Å². The van der Waals surface area contributed by atoms with Crippen LogP contribution in [0.1, 0.15) is 17.2 Å². The molecule has 0 spiro atoms. The summed E-state index contributed by atoms with van der Waals surface area (Å²) in [5.74, 6) is -0.282. The highest BCUT2D eigenvalue weighted by Gasteiger charge is 2.23. The van der Waals surface area contributed by atoms with Crippen LogP contribution in [0.2, 0.25) is 10.2 Å². The van der Waals surface area contributed by atoms with Gasteiger partial charge in [0, 0.05) is 29.6 Å². The minimum Gasteiger partial charge on any atom is -0.350 e. The molecule has 1 N–H and O–H groups in total. The molecular weight excluding hydrogens is 523 g/mol. The minimum absolute atomic E-state index is 0.222. The molecule has 0 aliphatic heterocycles. The van der Waals surface area contributed by atoms with Crippen molar-refractivity contribution in [2.45, 2.75) is 19.0 Å². The Kier molecular flexibility index (Phi) is 7.62. The lowest BCUT2D eigenvalue weighted by molar-refractivity contribution is -0.124. The number of rotatable bonds is 8. The smallest absolute Gasteiger partial charge is 0.254 e. The summed E-state index contributed by atoms with van der Waals surface area (Å²) in [6.07, 6.45) is 3.26. The summed E-state index contributed by atoms with van der Waals surface area (Å²) in [6.45, 7) is 0.345. The standard InChI is InChI=1S/C28H22Cl2N6O2/c29-21-11-12-24(36-17-26(30)33-34-36)22(14-21)23-15-27(37)35(18-32-23)25(13-19-7-3-1-4-8-19)28(38)31-16-20-9-5-2-6-10-20/h1-12,14-15,17-18,25H,13,16H2,(H,31,38)/t25-/m0/s1. The number of benzene rings is 3.